The molecule has 0 aliphatic rings. The predicted octanol–water partition coefficient (Wildman–Crippen LogP) is 0.461. The Morgan fingerprint density at radius 1 is 1.20 bits per heavy atom. The van der Waals surface area contributed by atoms with Gasteiger partial charge in [-0.2, -0.15) is 0 Å². The summed E-state index contributed by atoms with van der Waals surface area (Å²) in [6.45, 7) is 0. The first-order valence-corrected chi connectivity index (χ1v) is 8.60. The lowest BCUT2D eigenvalue weighted by atomic mass is 10.3. The van der Waals surface area contributed by atoms with Gasteiger partial charge in [-0.3, -0.25) is 4.72 Å². The molecule has 1 aromatic heterocycles. The summed E-state index contributed by atoms with van der Waals surface area (Å²) in [6.07, 6.45) is 2.16. The molecule has 8 nitrogen and oxygen atoms in total. The predicted molar refractivity (Wildman–Crippen MR) is 71.3 cm³/mol. The number of nitrogens with two attached hydrogens (primary N) is 1. The number of nitrogen functional groups attached to an aromatic ring is 1. The van der Waals surface area contributed by atoms with Gasteiger partial charge in [0.15, 0.2) is 15.7 Å². The van der Waals surface area contributed by atoms with Crippen LogP contribution in [0, 0.1) is 0 Å². The molecular formula is C10H11N3O5S2. The van der Waals surface area contributed by atoms with Crippen molar-refractivity contribution in [3.8, 4) is 0 Å². The average Bonchev–Trinajstić information content (AvgIpc) is 2.79. The number of hydrogen-bond donors (Lipinski definition) is 2. The van der Waals surface area contributed by atoms with Gasteiger partial charge in [0.1, 0.15) is 11.2 Å². The summed E-state index contributed by atoms with van der Waals surface area (Å²) in [7, 11) is -7.60. The second-order valence-electron chi connectivity index (χ2n) is 3.96. The first kappa shape index (κ1) is 14.3. The van der Waals surface area contributed by atoms with Crippen LogP contribution in [0.4, 0.5) is 11.5 Å². The van der Waals surface area contributed by atoms with E-state index in [0.717, 1.165) is 12.3 Å². The maximum absolute atomic E-state index is 12.1. The van der Waals surface area contributed by atoms with E-state index in [2.05, 4.69) is 14.4 Å². The molecule has 0 amide bonds. The summed E-state index contributed by atoms with van der Waals surface area (Å²) >= 11 is 0. The number of hydrogen-bond acceptors (Lipinski definition) is 7. The van der Waals surface area contributed by atoms with E-state index in [4.69, 9.17) is 5.73 Å². The molecular weight excluding hydrogens is 306 g/mol. The molecule has 10 heteroatoms. The Labute approximate surface area is 115 Å². The van der Waals surface area contributed by atoms with Crippen LogP contribution in [0.25, 0.3) is 0 Å². The van der Waals surface area contributed by atoms with Gasteiger partial charge in [-0.25, -0.2) is 16.8 Å². The van der Waals surface area contributed by atoms with Gasteiger partial charge >= 0.3 is 0 Å². The summed E-state index contributed by atoms with van der Waals surface area (Å²) in [5, 5.41) is 3.40. The standard InChI is InChI=1S/C10H11N3O5S2/c1-19(14,15)7-2-3-8(11)9(6-7)20(16,17)13-10-4-5-18-12-10/h2-6H,11H2,1H3,(H,12,13). The van der Waals surface area contributed by atoms with E-state index in [1.165, 1.54) is 24.5 Å². The Bertz CT molecular complexity index is 826. The maximum Gasteiger partial charge on any atom is 0.265 e. The number of nitrogens with zero attached hydrogens (tertiary/aromatic N) is 1. The molecule has 3 N–H and O–H groups in total. The molecule has 0 unspecified atom stereocenters. The van der Waals surface area contributed by atoms with Crippen molar-refractivity contribution in [3.63, 3.8) is 0 Å². The summed E-state index contributed by atoms with van der Waals surface area (Å²) in [6, 6.07) is 4.74. The zero-order valence-corrected chi connectivity index (χ0v) is 11.9. The molecule has 0 fully saturated rings. The fourth-order valence-corrected chi connectivity index (χ4v) is 3.31. The Morgan fingerprint density at radius 2 is 1.90 bits per heavy atom. The highest BCUT2D eigenvalue weighted by atomic mass is 32.2. The topological polar surface area (TPSA) is 132 Å². The van der Waals surface area contributed by atoms with Crippen LogP contribution >= 0.6 is 0 Å². The van der Waals surface area contributed by atoms with Crippen molar-refractivity contribution < 1.29 is 21.4 Å². The zero-order chi connectivity index (χ0) is 15.0. The van der Waals surface area contributed by atoms with Gasteiger partial charge in [0.05, 0.1) is 10.6 Å². The van der Waals surface area contributed by atoms with Crippen LogP contribution in [-0.4, -0.2) is 28.2 Å². The van der Waals surface area contributed by atoms with Gasteiger partial charge < -0.3 is 10.3 Å². The third-order valence-corrected chi connectivity index (χ3v) is 4.90. The summed E-state index contributed by atoms with van der Waals surface area (Å²) in [4.78, 5) is -0.490. The average molecular weight is 317 g/mol. The minimum atomic E-state index is -4.06. The smallest absolute Gasteiger partial charge is 0.265 e. The molecule has 0 saturated heterocycles. The van der Waals surface area contributed by atoms with Crippen LogP contribution in [0.15, 0.2) is 44.8 Å². The summed E-state index contributed by atoms with van der Waals surface area (Å²) in [5.41, 5.74) is 5.51. The Kier molecular flexibility index (Phi) is 3.44. The van der Waals surface area contributed by atoms with Crippen LogP contribution < -0.4 is 10.5 Å². The number of sulfone groups is 1. The number of aromatic nitrogens is 1. The fraction of sp³-hybridized carbons (Fsp3) is 0.100. The molecule has 108 valence electrons. The molecule has 0 atom stereocenters. The first-order valence-electron chi connectivity index (χ1n) is 5.23. The largest absolute Gasteiger partial charge is 0.398 e. The molecule has 0 aliphatic heterocycles. The number of benzene rings is 1. The molecule has 2 rings (SSSR count). The molecule has 2 aromatic rings. The highest BCUT2D eigenvalue weighted by Crippen LogP contribution is 2.24. The van der Waals surface area contributed by atoms with Gasteiger partial charge in [-0.05, 0) is 18.2 Å². The van der Waals surface area contributed by atoms with Crippen LogP contribution in [0.3, 0.4) is 0 Å². The zero-order valence-electron chi connectivity index (χ0n) is 10.3. The number of nitrogens with one attached hydrogen (secondary N) is 1. The molecule has 0 radical (unpaired) electrons. The molecule has 0 spiro atoms. The van der Waals surface area contributed by atoms with E-state index >= 15 is 0 Å². The number of rotatable bonds is 4. The van der Waals surface area contributed by atoms with Crippen molar-refractivity contribution in [1.82, 2.24) is 5.16 Å². The molecule has 1 aromatic carbocycles. The van der Waals surface area contributed by atoms with Crippen LogP contribution in [0.5, 0.6) is 0 Å². The van der Waals surface area contributed by atoms with E-state index in [1.807, 2.05) is 0 Å². The highest BCUT2D eigenvalue weighted by molar-refractivity contribution is 7.93. The molecule has 0 bridgehead atoms. The van der Waals surface area contributed by atoms with Crippen LogP contribution in [-0.2, 0) is 19.9 Å². The monoisotopic (exact) mass is 317 g/mol. The van der Waals surface area contributed by atoms with Gasteiger partial charge in [0.2, 0.25) is 0 Å². The molecule has 0 aliphatic carbocycles. The van der Waals surface area contributed by atoms with Crippen molar-refractivity contribution in [3.05, 3.63) is 30.5 Å². The van der Waals surface area contributed by atoms with Crippen LogP contribution in [0.2, 0.25) is 0 Å². The van der Waals surface area contributed by atoms with Crippen molar-refractivity contribution in [2.24, 2.45) is 0 Å². The SMILES string of the molecule is CS(=O)(=O)c1ccc(N)c(S(=O)(=O)Nc2ccon2)c1. The minimum absolute atomic E-state index is 0.0332. The third-order valence-electron chi connectivity index (χ3n) is 2.38. The van der Waals surface area contributed by atoms with Gasteiger partial charge in [-0.1, -0.05) is 5.16 Å². The Balaban J connectivity index is 2.51. The van der Waals surface area contributed by atoms with E-state index in [1.54, 1.807) is 0 Å². The van der Waals surface area contributed by atoms with E-state index in [0.29, 0.717) is 0 Å². The Morgan fingerprint density at radius 3 is 2.45 bits per heavy atom. The van der Waals surface area contributed by atoms with E-state index in [-0.39, 0.29) is 21.3 Å². The normalized spacial score (nSPS) is 12.2. The van der Waals surface area contributed by atoms with Gasteiger partial charge in [0, 0.05) is 12.3 Å². The second-order valence-corrected chi connectivity index (χ2v) is 7.63. The van der Waals surface area contributed by atoms with Crippen LogP contribution in [0.1, 0.15) is 0 Å². The number of sulfonamides is 1. The molecule has 1 heterocycles. The quantitative estimate of drug-likeness (QED) is 0.783. The van der Waals surface area contributed by atoms with Gasteiger partial charge in [0.25, 0.3) is 10.0 Å². The third kappa shape index (κ3) is 2.91. The fourth-order valence-electron chi connectivity index (χ4n) is 1.44. The number of anilines is 2. The van der Waals surface area contributed by atoms with E-state index < -0.39 is 19.9 Å². The molecule has 20 heavy (non-hydrogen) atoms. The lowest BCUT2D eigenvalue weighted by Gasteiger charge is -2.09. The summed E-state index contributed by atoms with van der Waals surface area (Å²) in [5.74, 6) is -0.0332. The first-order chi connectivity index (χ1) is 9.20. The van der Waals surface area contributed by atoms with Gasteiger partial charge in [-0.15, -0.1) is 0 Å². The maximum atomic E-state index is 12.1. The lowest BCUT2D eigenvalue weighted by molar-refractivity contribution is 0.423. The molecule has 0 saturated carbocycles. The second kappa shape index (κ2) is 4.80. The van der Waals surface area contributed by atoms with E-state index in [9.17, 15) is 16.8 Å². The van der Waals surface area contributed by atoms with Crippen molar-refractivity contribution >= 4 is 31.4 Å². The highest BCUT2D eigenvalue weighted by Gasteiger charge is 2.21. The Hall–Kier alpha value is -2.07. The van der Waals surface area contributed by atoms with Crippen molar-refractivity contribution in [2.45, 2.75) is 9.79 Å². The summed E-state index contributed by atoms with van der Waals surface area (Å²) < 4.78 is 53.8. The minimum Gasteiger partial charge on any atom is -0.398 e. The van der Waals surface area contributed by atoms with Crippen molar-refractivity contribution in [1.29, 1.82) is 0 Å². The lowest BCUT2D eigenvalue weighted by Crippen LogP contribution is -2.15. The van der Waals surface area contributed by atoms with Crippen molar-refractivity contribution in [2.75, 3.05) is 16.7 Å².